The van der Waals surface area contributed by atoms with Crippen LogP contribution in [-0.4, -0.2) is 14.8 Å². The molecule has 0 bridgehead atoms. The van der Waals surface area contributed by atoms with Gasteiger partial charge < -0.3 is 0 Å². The molecule has 2 rings (SSSR count). The fraction of sp³-hybridized carbons (Fsp3) is 0.385. The standard InChI is InChI=1S/C13H17N3/c1-9(2)11-5-7-12(8-6-11)13-14-10(3)16(4)15-13/h5-9H,1-4H3. The molecule has 0 atom stereocenters. The van der Waals surface area contributed by atoms with Crippen molar-refractivity contribution in [3.8, 4) is 11.4 Å². The molecule has 0 radical (unpaired) electrons. The van der Waals surface area contributed by atoms with Gasteiger partial charge in [-0.3, -0.25) is 4.68 Å². The number of nitrogens with zero attached hydrogens (tertiary/aromatic N) is 3. The molecule has 84 valence electrons. The van der Waals surface area contributed by atoms with Crippen LogP contribution in [0.3, 0.4) is 0 Å². The summed E-state index contributed by atoms with van der Waals surface area (Å²) in [6, 6.07) is 8.46. The second-order valence-electron chi connectivity index (χ2n) is 4.38. The molecule has 0 spiro atoms. The molecule has 0 aliphatic heterocycles. The van der Waals surface area contributed by atoms with Gasteiger partial charge in [0.25, 0.3) is 0 Å². The van der Waals surface area contributed by atoms with E-state index in [0.717, 1.165) is 17.2 Å². The molecular weight excluding hydrogens is 198 g/mol. The second kappa shape index (κ2) is 4.08. The Morgan fingerprint density at radius 1 is 1.12 bits per heavy atom. The Hall–Kier alpha value is -1.64. The highest BCUT2D eigenvalue weighted by Gasteiger charge is 2.06. The Kier molecular flexibility index (Phi) is 2.77. The van der Waals surface area contributed by atoms with Crippen LogP contribution < -0.4 is 0 Å². The van der Waals surface area contributed by atoms with Gasteiger partial charge in [0.1, 0.15) is 5.82 Å². The van der Waals surface area contributed by atoms with Gasteiger partial charge in [0.05, 0.1) is 0 Å². The van der Waals surface area contributed by atoms with E-state index in [1.54, 1.807) is 4.68 Å². The van der Waals surface area contributed by atoms with Crippen LogP contribution >= 0.6 is 0 Å². The minimum Gasteiger partial charge on any atom is -0.253 e. The highest BCUT2D eigenvalue weighted by Crippen LogP contribution is 2.20. The number of hydrogen-bond acceptors (Lipinski definition) is 2. The molecule has 0 aliphatic rings. The van der Waals surface area contributed by atoms with Crippen molar-refractivity contribution < 1.29 is 0 Å². The third-order valence-corrected chi connectivity index (χ3v) is 2.82. The van der Waals surface area contributed by atoms with Crippen LogP contribution in [-0.2, 0) is 7.05 Å². The number of hydrogen-bond donors (Lipinski definition) is 0. The highest BCUT2D eigenvalue weighted by atomic mass is 15.3. The summed E-state index contributed by atoms with van der Waals surface area (Å²) in [4.78, 5) is 4.41. The van der Waals surface area contributed by atoms with Gasteiger partial charge in [-0.25, -0.2) is 4.98 Å². The molecule has 0 fully saturated rings. The van der Waals surface area contributed by atoms with Crippen molar-refractivity contribution in [3.63, 3.8) is 0 Å². The number of rotatable bonds is 2. The van der Waals surface area contributed by atoms with Crippen LogP contribution in [0.1, 0.15) is 31.2 Å². The van der Waals surface area contributed by atoms with Gasteiger partial charge in [-0.2, -0.15) is 5.10 Å². The lowest BCUT2D eigenvalue weighted by molar-refractivity contribution is 0.736. The maximum absolute atomic E-state index is 4.41. The lowest BCUT2D eigenvalue weighted by atomic mass is 10.0. The predicted octanol–water partition coefficient (Wildman–Crippen LogP) is 2.91. The van der Waals surface area contributed by atoms with Gasteiger partial charge in [-0.15, -0.1) is 0 Å². The summed E-state index contributed by atoms with van der Waals surface area (Å²) < 4.78 is 1.80. The van der Waals surface area contributed by atoms with Crippen molar-refractivity contribution in [1.82, 2.24) is 14.8 Å². The normalized spacial score (nSPS) is 11.1. The van der Waals surface area contributed by atoms with Crippen LogP contribution in [0.4, 0.5) is 0 Å². The molecular formula is C13H17N3. The maximum atomic E-state index is 4.41. The van der Waals surface area contributed by atoms with E-state index >= 15 is 0 Å². The summed E-state index contributed by atoms with van der Waals surface area (Å²) in [7, 11) is 1.91. The molecule has 0 N–H and O–H groups in total. The Bertz CT molecular complexity index is 461. The first-order valence-electron chi connectivity index (χ1n) is 5.56. The van der Waals surface area contributed by atoms with E-state index in [4.69, 9.17) is 0 Å². The largest absolute Gasteiger partial charge is 0.253 e. The zero-order chi connectivity index (χ0) is 11.7. The van der Waals surface area contributed by atoms with Crippen molar-refractivity contribution in [2.24, 2.45) is 7.05 Å². The third kappa shape index (κ3) is 1.98. The fourth-order valence-corrected chi connectivity index (χ4v) is 1.60. The summed E-state index contributed by atoms with van der Waals surface area (Å²) in [6.45, 7) is 6.34. The Morgan fingerprint density at radius 2 is 1.75 bits per heavy atom. The Balaban J connectivity index is 2.34. The van der Waals surface area contributed by atoms with Gasteiger partial charge in [-0.1, -0.05) is 38.1 Å². The maximum Gasteiger partial charge on any atom is 0.181 e. The molecule has 0 saturated heterocycles. The van der Waals surface area contributed by atoms with Crippen molar-refractivity contribution in [2.45, 2.75) is 26.7 Å². The molecule has 0 saturated carbocycles. The minimum atomic E-state index is 0.562. The van der Waals surface area contributed by atoms with E-state index in [0.29, 0.717) is 5.92 Å². The van der Waals surface area contributed by atoms with Gasteiger partial charge in [-0.05, 0) is 18.4 Å². The zero-order valence-electron chi connectivity index (χ0n) is 10.2. The van der Waals surface area contributed by atoms with E-state index in [-0.39, 0.29) is 0 Å². The molecule has 1 aromatic heterocycles. The summed E-state index contributed by atoms with van der Waals surface area (Å²) >= 11 is 0. The molecule has 3 heteroatoms. The predicted molar refractivity (Wildman–Crippen MR) is 65.3 cm³/mol. The number of aromatic nitrogens is 3. The second-order valence-corrected chi connectivity index (χ2v) is 4.38. The van der Waals surface area contributed by atoms with Crippen LogP contribution in [0.15, 0.2) is 24.3 Å². The highest BCUT2D eigenvalue weighted by molar-refractivity contribution is 5.55. The molecule has 1 heterocycles. The topological polar surface area (TPSA) is 30.7 Å². The lowest BCUT2D eigenvalue weighted by Crippen LogP contribution is -1.92. The SMILES string of the molecule is Cc1nc(-c2ccc(C(C)C)cc2)nn1C. The summed E-state index contributed by atoms with van der Waals surface area (Å²) in [5.41, 5.74) is 2.42. The minimum absolute atomic E-state index is 0.562. The van der Waals surface area contributed by atoms with E-state index in [1.807, 2.05) is 14.0 Å². The first-order chi connectivity index (χ1) is 7.58. The van der Waals surface area contributed by atoms with Crippen LogP contribution in [0, 0.1) is 6.92 Å². The van der Waals surface area contributed by atoms with Crippen molar-refractivity contribution in [3.05, 3.63) is 35.7 Å². The molecule has 1 aromatic carbocycles. The lowest BCUT2D eigenvalue weighted by Gasteiger charge is -2.04. The number of benzene rings is 1. The molecule has 0 amide bonds. The number of aryl methyl sites for hydroxylation is 2. The monoisotopic (exact) mass is 215 g/mol. The van der Waals surface area contributed by atoms with Gasteiger partial charge in [0, 0.05) is 12.6 Å². The van der Waals surface area contributed by atoms with Crippen molar-refractivity contribution in [1.29, 1.82) is 0 Å². The fourth-order valence-electron chi connectivity index (χ4n) is 1.60. The molecule has 16 heavy (non-hydrogen) atoms. The smallest absolute Gasteiger partial charge is 0.181 e. The van der Waals surface area contributed by atoms with E-state index in [2.05, 4.69) is 48.2 Å². The summed E-state index contributed by atoms with van der Waals surface area (Å²) in [6.07, 6.45) is 0. The Morgan fingerprint density at radius 3 is 2.19 bits per heavy atom. The molecule has 0 unspecified atom stereocenters. The summed E-state index contributed by atoms with van der Waals surface area (Å²) in [5, 5.41) is 4.36. The Labute approximate surface area is 96.1 Å². The van der Waals surface area contributed by atoms with E-state index in [9.17, 15) is 0 Å². The average Bonchev–Trinajstić information content (AvgIpc) is 2.59. The van der Waals surface area contributed by atoms with Crippen molar-refractivity contribution in [2.75, 3.05) is 0 Å². The average molecular weight is 215 g/mol. The van der Waals surface area contributed by atoms with Gasteiger partial charge in [0.2, 0.25) is 0 Å². The summed E-state index contributed by atoms with van der Waals surface area (Å²) in [5.74, 6) is 2.30. The van der Waals surface area contributed by atoms with Crippen LogP contribution in [0.25, 0.3) is 11.4 Å². The quantitative estimate of drug-likeness (QED) is 0.771. The van der Waals surface area contributed by atoms with Gasteiger partial charge in [0.15, 0.2) is 5.82 Å². The first kappa shape index (κ1) is 10.9. The molecule has 3 nitrogen and oxygen atoms in total. The van der Waals surface area contributed by atoms with E-state index in [1.165, 1.54) is 5.56 Å². The van der Waals surface area contributed by atoms with E-state index < -0.39 is 0 Å². The van der Waals surface area contributed by atoms with Crippen molar-refractivity contribution >= 4 is 0 Å². The zero-order valence-corrected chi connectivity index (χ0v) is 10.2. The molecule has 2 aromatic rings. The van der Waals surface area contributed by atoms with Crippen LogP contribution in [0.2, 0.25) is 0 Å². The van der Waals surface area contributed by atoms with Gasteiger partial charge >= 0.3 is 0 Å². The van der Waals surface area contributed by atoms with Crippen LogP contribution in [0.5, 0.6) is 0 Å². The third-order valence-electron chi connectivity index (χ3n) is 2.82. The molecule has 0 aliphatic carbocycles. The first-order valence-corrected chi connectivity index (χ1v) is 5.56.